The summed E-state index contributed by atoms with van der Waals surface area (Å²) in [6, 6.07) is 0. The number of rotatable bonds is 1. The van der Waals surface area contributed by atoms with Crippen LogP contribution in [0.5, 0.6) is 0 Å². The lowest BCUT2D eigenvalue weighted by molar-refractivity contribution is 0.457. The normalized spacial score (nSPS) is 29.8. The fourth-order valence-corrected chi connectivity index (χ4v) is 1.25. The topological polar surface area (TPSA) is 62.4 Å². The Kier molecular flexibility index (Phi) is 2.10. The van der Waals surface area contributed by atoms with E-state index in [0.29, 0.717) is 5.96 Å². The first kappa shape index (κ1) is 9.06. The highest BCUT2D eigenvalue weighted by molar-refractivity contribution is 5.81. The van der Waals surface area contributed by atoms with E-state index in [-0.39, 0.29) is 5.66 Å². The van der Waals surface area contributed by atoms with E-state index in [9.17, 15) is 0 Å². The molecule has 12 heavy (non-hydrogen) atoms. The van der Waals surface area contributed by atoms with Gasteiger partial charge in [0, 0.05) is 5.70 Å². The molecule has 4 heteroatoms. The van der Waals surface area contributed by atoms with E-state index in [1.54, 1.807) is 0 Å². The lowest BCUT2D eigenvalue weighted by atomic mass is 10.0. The van der Waals surface area contributed by atoms with Gasteiger partial charge in [0.05, 0.1) is 0 Å². The number of nitrogens with one attached hydrogen (secondary N) is 2. The van der Waals surface area contributed by atoms with Crippen LogP contribution in [0.15, 0.2) is 16.3 Å². The molecule has 0 bridgehead atoms. The molecular formula is C8H16N4. The molecule has 1 atom stereocenters. The Morgan fingerprint density at radius 1 is 1.50 bits per heavy atom. The first-order valence-electron chi connectivity index (χ1n) is 3.99. The predicted molar refractivity (Wildman–Crippen MR) is 50.6 cm³/mol. The van der Waals surface area contributed by atoms with Gasteiger partial charge in [-0.25, -0.2) is 4.99 Å². The van der Waals surface area contributed by atoms with Crippen LogP contribution in [0.3, 0.4) is 0 Å². The summed E-state index contributed by atoms with van der Waals surface area (Å²) < 4.78 is 0. The van der Waals surface area contributed by atoms with Gasteiger partial charge in [-0.15, -0.1) is 0 Å². The number of nitrogens with zero attached hydrogens (tertiary/aromatic N) is 1. The first-order valence-corrected chi connectivity index (χ1v) is 3.99. The van der Waals surface area contributed by atoms with E-state index >= 15 is 0 Å². The van der Waals surface area contributed by atoms with Gasteiger partial charge in [-0.1, -0.05) is 0 Å². The van der Waals surface area contributed by atoms with Crippen LogP contribution < -0.4 is 16.4 Å². The molecule has 0 aromatic heterocycles. The van der Waals surface area contributed by atoms with E-state index in [2.05, 4.69) is 15.6 Å². The molecule has 0 saturated heterocycles. The molecule has 0 saturated carbocycles. The Morgan fingerprint density at radius 3 is 2.58 bits per heavy atom. The van der Waals surface area contributed by atoms with Gasteiger partial charge in [0.15, 0.2) is 5.96 Å². The Morgan fingerprint density at radius 2 is 2.08 bits per heavy atom. The van der Waals surface area contributed by atoms with Crippen LogP contribution in [0.4, 0.5) is 0 Å². The molecule has 0 aromatic rings. The number of allylic oxidation sites excluding steroid dienone is 1. The summed E-state index contributed by atoms with van der Waals surface area (Å²) in [4.78, 5) is 4.28. The molecule has 0 aliphatic carbocycles. The van der Waals surface area contributed by atoms with Gasteiger partial charge in [0.1, 0.15) is 5.66 Å². The van der Waals surface area contributed by atoms with Crippen molar-refractivity contribution in [2.75, 3.05) is 7.05 Å². The standard InChI is InChI=1S/C8H16N4/c1-5-6(2)11-7(9)12-8(5,3)10-4/h10H,1-4H3,(H3,9,11,12). The van der Waals surface area contributed by atoms with Crippen molar-refractivity contribution < 1.29 is 0 Å². The summed E-state index contributed by atoms with van der Waals surface area (Å²) in [7, 11) is 1.87. The van der Waals surface area contributed by atoms with Crippen LogP contribution in [0.2, 0.25) is 0 Å². The highest BCUT2D eigenvalue weighted by atomic mass is 15.2. The molecule has 1 unspecified atom stereocenters. The van der Waals surface area contributed by atoms with Crippen molar-refractivity contribution in [2.24, 2.45) is 10.7 Å². The lowest BCUT2D eigenvalue weighted by Gasteiger charge is -2.32. The van der Waals surface area contributed by atoms with E-state index in [1.165, 1.54) is 5.57 Å². The van der Waals surface area contributed by atoms with Gasteiger partial charge in [0.25, 0.3) is 0 Å². The van der Waals surface area contributed by atoms with E-state index in [0.717, 1.165) is 5.70 Å². The molecule has 4 nitrogen and oxygen atoms in total. The van der Waals surface area contributed by atoms with Crippen LogP contribution in [0, 0.1) is 0 Å². The minimum absolute atomic E-state index is 0.348. The molecule has 1 aliphatic rings. The zero-order chi connectivity index (χ0) is 9.35. The smallest absolute Gasteiger partial charge is 0.195 e. The second-order valence-electron chi connectivity index (χ2n) is 3.19. The van der Waals surface area contributed by atoms with Gasteiger partial charge in [-0.05, 0) is 33.4 Å². The molecule has 0 aromatic carbocycles. The minimum atomic E-state index is -0.348. The molecule has 1 heterocycles. The van der Waals surface area contributed by atoms with Gasteiger partial charge >= 0.3 is 0 Å². The Bertz CT molecular complexity index is 254. The van der Waals surface area contributed by atoms with E-state index in [4.69, 9.17) is 5.73 Å². The fourth-order valence-electron chi connectivity index (χ4n) is 1.25. The third-order valence-electron chi connectivity index (χ3n) is 2.44. The van der Waals surface area contributed by atoms with E-state index < -0.39 is 0 Å². The highest BCUT2D eigenvalue weighted by Gasteiger charge is 2.28. The molecule has 1 aliphatic heterocycles. The summed E-state index contributed by atoms with van der Waals surface area (Å²) in [6.07, 6.45) is 0. The molecule has 0 amide bonds. The number of nitrogens with two attached hydrogens (primary N) is 1. The third-order valence-corrected chi connectivity index (χ3v) is 2.44. The maximum atomic E-state index is 5.60. The van der Waals surface area contributed by atoms with Crippen molar-refractivity contribution in [3.8, 4) is 0 Å². The average Bonchev–Trinajstić information content (AvgIpc) is 2.00. The monoisotopic (exact) mass is 168 g/mol. The van der Waals surface area contributed by atoms with Crippen LogP contribution in [0.25, 0.3) is 0 Å². The van der Waals surface area contributed by atoms with Crippen molar-refractivity contribution in [3.63, 3.8) is 0 Å². The second kappa shape index (κ2) is 2.79. The molecule has 1 rings (SSSR count). The number of aliphatic imine (C=N–C) groups is 1. The van der Waals surface area contributed by atoms with Crippen molar-refractivity contribution in [1.29, 1.82) is 0 Å². The SMILES string of the molecule is CNC1(C)N=C(N)NC(C)=C1C. The van der Waals surface area contributed by atoms with Crippen molar-refractivity contribution in [3.05, 3.63) is 11.3 Å². The highest BCUT2D eigenvalue weighted by Crippen LogP contribution is 2.22. The van der Waals surface area contributed by atoms with Crippen LogP contribution >= 0.6 is 0 Å². The number of hydrogen-bond acceptors (Lipinski definition) is 4. The van der Waals surface area contributed by atoms with Crippen LogP contribution in [0.1, 0.15) is 20.8 Å². The summed E-state index contributed by atoms with van der Waals surface area (Å²) in [5.41, 5.74) is 7.49. The van der Waals surface area contributed by atoms with Gasteiger partial charge in [0.2, 0.25) is 0 Å². The molecule has 0 spiro atoms. The zero-order valence-electron chi connectivity index (χ0n) is 8.02. The van der Waals surface area contributed by atoms with Crippen LogP contribution in [-0.4, -0.2) is 18.7 Å². The number of guanidine groups is 1. The second-order valence-corrected chi connectivity index (χ2v) is 3.19. The Balaban J connectivity index is 3.06. The van der Waals surface area contributed by atoms with Gasteiger partial charge in [-0.2, -0.15) is 0 Å². The van der Waals surface area contributed by atoms with Crippen LogP contribution in [-0.2, 0) is 0 Å². The molecule has 68 valence electrons. The third kappa shape index (κ3) is 1.30. The Hall–Kier alpha value is -1.03. The zero-order valence-corrected chi connectivity index (χ0v) is 8.02. The molecule has 0 radical (unpaired) electrons. The van der Waals surface area contributed by atoms with Crippen molar-refractivity contribution in [2.45, 2.75) is 26.4 Å². The lowest BCUT2D eigenvalue weighted by Crippen LogP contribution is -2.48. The summed E-state index contributed by atoms with van der Waals surface area (Å²) in [5, 5.41) is 6.11. The predicted octanol–water partition coefficient (Wildman–Crippen LogP) is 0.134. The quantitative estimate of drug-likeness (QED) is 0.521. The summed E-state index contributed by atoms with van der Waals surface area (Å²) in [6.45, 7) is 6.03. The fraction of sp³-hybridized carbons (Fsp3) is 0.625. The molecular weight excluding hydrogens is 152 g/mol. The maximum Gasteiger partial charge on any atom is 0.195 e. The average molecular weight is 168 g/mol. The Labute approximate surface area is 72.9 Å². The van der Waals surface area contributed by atoms with Gasteiger partial charge < -0.3 is 11.1 Å². The first-order chi connectivity index (χ1) is 5.49. The van der Waals surface area contributed by atoms with Crippen molar-refractivity contribution >= 4 is 5.96 Å². The number of likely N-dealkylation sites (N-methyl/N-ethyl adjacent to an activating group) is 1. The minimum Gasteiger partial charge on any atom is -0.370 e. The van der Waals surface area contributed by atoms with E-state index in [1.807, 2.05) is 27.8 Å². The molecule has 0 fully saturated rings. The van der Waals surface area contributed by atoms with Crippen molar-refractivity contribution in [1.82, 2.24) is 10.6 Å². The molecule has 4 N–H and O–H groups in total. The number of hydrogen-bond donors (Lipinski definition) is 3. The maximum absolute atomic E-state index is 5.60. The summed E-state index contributed by atoms with van der Waals surface area (Å²) >= 11 is 0. The van der Waals surface area contributed by atoms with Gasteiger partial charge in [-0.3, -0.25) is 5.32 Å². The summed E-state index contributed by atoms with van der Waals surface area (Å²) in [5.74, 6) is 0.468. The largest absolute Gasteiger partial charge is 0.370 e.